The Hall–Kier alpha value is -2.44. The zero-order valence-electron chi connectivity index (χ0n) is 15.0. The van der Waals surface area contributed by atoms with Crippen molar-refractivity contribution >= 4 is 32.6 Å². The Morgan fingerprint density at radius 3 is 2.68 bits per heavy atom. The number of rotatable bonds is 5. The number of hydrogen-bond acceptors (Lipinski definition) is 6. The van der Waals surface area contributed by atoms with Gasteiger partial charge in [0, 0.05) is 37.1 Å². The van der Waals surface area contributed by atoms with Crippen LogP contribution in [0.3, 0.4) is 0 Å². The Balaban J connectivity index is 1.42. The normalized spacial score (nSPS) is 15.6. The van der Waals surface area contributed by atoms with E-state index in [2.05, 4.69) is 10.1 Å². The smallest absolute Gasteiger partial charge is 0.243 e. The molecule has 0 spiro atoms. The molecule has 0 N–H and O–H groups in total. The van der Waals surface area contributed by atoms with Crippen molar-refractivity contribution in [2.75, 3.05) is 20.1 Å². The fraction of sp³-hybridized carbons (Fsp3) is 0.263. The van der Waals surface area contributed by atoms with Crippen LogP contribution >= 0.6 is 11.6 Å². The summed E-state index contributed by atoms with van der Waals surface area (Å²) in [5.41, 5.74) is 1.89. The second kappa shape index (κ2) is 7.18. The lowest BCUT2D eigenvalue weighted by Gasteiger charge is -2.43. The van der Waals surface area contributed by atoms with E-state index in [1.165, 1.54) is 28.6 Å². The molecule has 1 aliphatic heterocycles. The van der Waals surface area contributed by atoms with Crippen LogP contribution in [0, 0.1) is 11.3 Å². The van der Waals surface area contributed by atoms with Gasteiger partial charge >= 0.3 is 0 Å². The van der Waals surface area contributed by atoms with Crippen molar-refractivity contribution in [3.8, 4) is 6.07 Å². The summed E-state index contributed by atoms with van der Waals surface area (Å²) in [6, 6.07) is 13.2. The number of likely N-dealkylation sites (N-methyl/N-ethyl adjacent to an activating group) is 1. The molecule has 9 heteroatoms. The van der Waals surface area contributed by atoms with E-state index in [9.17, 15) is 8.42 Å². The maximum Gasteiger partial charge on any atom is 0.243 e. The van der Waals surface area contributed by atoms with Gasteiger partial charge in [-0.1, -0.05) is 16.8 Å². The molecule has 0 saturated carbocycles. The lowest BCUT2D eigenvalue weighted by molar-refractivity contribution is 0.0810. The molecule has 0 radical (unpaired) electrons. The predicted octanol–water partition coefficient (Wildman–Crippen LogP) is 2.86. The third-order valence-corrected chi connectivity index (χ3v) is 7.15. The molecule has 0 atom stereocenters. The van der Waals surface area contributed by atoms with Gasteiger partial charge in [-0.3, -0.25) is 4.90 Å². The van der Waals surface area contributed by atoms with Crippen LogP contribution in [-0.4, -0.2) is 49.0 Å². The Bertz CT molecular complexity index is 1160. The average Bonchev–Trinajstić information content (AvgIpc) is 3.05. The third kappa shape index (κ3) is 3.38. The molecule has 28 heavy (non-hydrogen) atoms. The number of sulfonamides is 1. The van der Waals surface area contributed by atoms with Gasteiger partial charge in [0.1, 0.15) is 5.69 Å². The monoisotopic (exact) mass is 416 g/mol. The summed E-state index contributed by atoms with van der Waals surface area (Å²) in [5, 5.41) is 14.5. The van der Waals surface area contributed by atoms with Crippen molar-refractivity contribution in [2.45, 2.75) is 17.5 Å². The van der Waals surface area contributed by atoms with Gasteiger partial charge in [-0.05, 0) is 42.5 Å². The van der Waals surface area contributed by atoms with Crippen molar-refractivity contribution in [2.24, 2.45) is 0 Å². The number of fused-ring (bicyclic) bond motifs is 1. The number of nitriles is 1. The lowest BCUT2D eigenvalue weighted by Crippen LogP contribution is -2.58. The molecule has 2 heterocycles. The lowest BCUT2D eigenvalue weighted by atomic mass is 10.1. The molecule has 1 saturated heterocycles. The fourth-order valence-corrected chi connectivity index (χ4v) is 4.76. The minimum absolute atomic E-state index is 0.123. The van der Waals surface area contributed by atoms with Crippen LogP contribution in [0.2, 0.25) is 5.02 Å². The van der Waals surface area contributed by atoms with Crippen LogP contribution in [-0.2, 0) is 16.6 Å². The van der Waals surface area contributed by atoms with Crippen LogP contribution in [0.4, 0.5) is 0 Å². The molecule has 0 unspecified atom stereocenters. The van der Waals surface area contributed by atoms with Gasteiger partial charge < -0.3 is 4.52 Å². The molecule has 7 nitrogen and oxygen atoms in total. The summed E-state index contributed by atoms with van der Waals surface area (Å²) in [5.74, 6) is 0. The largest absolute Gasteiger partial charge is 0.356 e. The zero-order valence-corrected chi connectivity index (χ0v) is 16.6. The first-order valence-corrected chi connectivity index (χ1v) is 10.4. The highest BCUT2D eigenvalue weighted by Crippen LogP contribution is 2.27. The standard InChI is InChI=1S/C19H17ClN4O3S/c1-23(28(25,26)16-5-2-13(9-21)3-6-16)15-10-24(11-15)12-18-17-8-14(20)4-7-19(17)27-22-18/h2-8,15H,10-12H2,1H3. The highest BCUT2D eigenvalue weighted by atomic mass is 35.5. The minimum Gasteiger partial charge on any atom is -0.356 e. The molecular weight excluding hydrogens is 400 g/mol. The molecule has 3 aromatic rings. The molecule has 4 rings (SSSR count). The highest BCUT2D eigenvalue weighted by molar-refractivity contribution is 7.89. The number of halogens is 1. The van der Waals surface area contributed by atoms with E-state index in [0.29, 0.717) is 35.8 Å². The van der Waals surface area contributed by atoms with Gasteiger partial charge in [-0.15, -0.1) is 0 Å². The van der Waals surface area contributed by atoms with E-state index < -0.39 is 10.0 Å². The van der Waals surface area contributed by atoms with E-state index in [-0.39, 0.29) is 10.9 Å². The van der Waals surface area contributed by atoms with Crippen LogP contribution in [0.15, 0.2) is 51.9 Å². The first-order chi connectivity index (χ1) is 13.4. The van der Waals surface area contributed by atoms with Gasteiger partial charge in [-0.25, -0.2) is 8.42 Å². The van der Waals surface area contributed by atoms with Crippen LogP contribution < -0.4 is 0 Å². The van der Waals surface area contributed by atoms with E-state index in [4.69, 9.17) is 21.4 Å². The van der Waals surface area contributed by atoms with Gasteiger partial charge in [0.05, 0.1) is 22.6 Å². The topological polar surface area (TPSA) is 90.4 Å². The van der Waals surface area contributed by atoms with Crippen LogP contribution in [0.5, 0.6) is 0 Å². The summed E-state index contributed by atoms with van der Waals surface area (Å²) in [7, 11) is -2.02. The zero-order chi connectivity index (χ0) is 19.9. The molecule has 0 amide bonds. The minimum atomic E-state index is -3.60. The van der Waals surface area contributed by atoms with Crippen LogP contribution in [0.25, 0.3) is 11.0 Å². The average molecular weight is 417 g/mol. The Morgan fingerprint density at radius 1 is 1.29 bits per heavy atom. The van der Waals surface area contributed by atoms with Gasteiger partial charge in [0.2, 0.25) is 10.0 Å². The molecule has 1 fully saturated rings. The number of likely N-dealkylation sites (tertiary alicyclic amines) is 1. The van der Waals surface area contributed by atoms with E-state index >= 15 is 0 Å². The first kappa shape index (κ1) is 18.9. The third-order valence-electron chi connectivity index (χ3n) is 4.99. The molecule has 144 valence electrons. The Morgan fingerprint density at radius 2 is 2.00 bits per heavy atom. The number of nitrogens with zero attached hydrogens (tertiary/aromatic N) is 4. The summed E-state index contributed by atoms with van der Waals surface area (Å²) in [4.78, 5) is 2.29. The van der Waals surface area contributed by atoms with Crippen molar-refractivity contribution < 1.29 is 12.9 Å². The summed E-state index contributed by atoms with van der Waals surface area (Å²) in [6.07, 6.45) is 0. The van der Waals surface area contributed by atoms with Crippen molar-refractivity contribution in [1.82, 2.24) is 14.4 Å². The maximum atomic E-state index is 12.8. The van der Waals surface area contributed by atoms with Gasteiger partial charge in [0.25, 0.3) is 0 Å². The number of aromatic nitrogens is 1. The van der Waals surface area contributed by atoms with E-state index in [1.54, 1.807) is 19.2 Å². The molecule has 0 aliphatic carbocycles. The molecule has 1 aliphatic rings. The van der Waals surface area contributed by atoms with E-state index in [1.807, 2.05) is 12.1 Å². The summed E-state index contributed by atoms with van der Waals surface area (Å²) in [6.45, 7) is 1.76. The number of hydrogen-bond donors (Lipinski definition) is 0. The Kier molecular flexibility index (Phi) is 4.85. The quantitative estimate of drug-likeness (QED) is 0.635. The Labute approximate surface area is 167 Å². The SMILES string of the molecule is CN(C1CN(Cc2noc3ccc(Cl)cc23)C1)S(=O)(=O)c1ccc(C#N)cc1. The van der Waals surface area contributed by atoms with Gasteiger partial charge in [0.15, 0.2) is 5.58 Å². The van der Waals surface area contributed by atoms with Crippen LogP contribution in [0.1, 0.15) is 11.3 Å². The predicted molar refractivity (Wildman–Crippen MR) is 104 cm³/mol. The fourth-order valence-electron chi connectivity index (χ4n) is 3.25. The van der Waals surface area contributed by atoms with E-state index in [0.717, 1.165) is 11.1 Å². The first-order valence-electron chi connectivity index (χ1n) is 8.63. The molecule has 2 aromatic carbocycles. The second-order valence-electron chi connectivity index (χ2n) is 6.78. The summed E-state index contributed by atoms with van der Waals surface area (Å²) < 4.78 is 32.3. The molecular formula is C19H17ClN4O3S. The van der Waals surface area contributed by atoms with Gasteiger partial charge in [-0.2, -0.15) is 9.57 Å². The van der Waals surface area contributed by atoms with Crippen molar-refractivity contribution in [3.05, 3.63) is 58.7 Å². The molecule has 1 aromatic heterocycles. The number of benzene rings is 2. The second-order valence-corrected chi connectivity index (χ2v) is 9.21. The maximum absolute atomic E-state index is 12.8. The highest BCUT2D eigenvalue weighted by Gasteiger charge is 2.37. The van der Waals surface area contributed by atoms with Crippen molar-refractivity contribution in [3.63, 3.8) is 0 Å². The summed E-state index contributed by atoms with van der Waals surface area (Å²) >= 11 is 6.05. The van der Waals surface area contributed by atoms with Crippen molar-refractivity contribution in [1.29, 1.82) is 5.26 Å². The molecule has 0 bridgehead atoms.